The molecule has 0 fully saturated rings. The van der Waals surface area contributed by atoms with Crippen molar-refractivity contribution in [2.45, 2.75) is 39.1 Å². The van der Waals surface area contributed by atoms with Crippen LogP contribution in [0.2, 0.25) is 0 Å². The Bertz CT molecular complexity index is 379. The Kier molecular flexibility index (Phi) is 5.02. The fourth-order valence-corrected chi connectivity index (χ4v) is 1.91. The van der Waals surface area contributed by atoms with Gasteiger partial charge in [-0.2, -0.15) is 0 Å². The highest BCUT2D eigenvalue weighted by molar-refractivity contribution is 5.36. The zero-order valence-electron chi connectivity index (χ0n) is 10.5. The third-order valence-electron chi connectivity index (χ3n) is 2.86. The molecule has 1 aromatic carbocycles. The fourth-order valence-electron chi connectivity index (χ4n) is 1.91. The summed E-state index contributed by atoms with van der Waals surface area (Å²) < 4.78 is 40.8. The van der Waals surface area contributed by atoms with Gasteiger partial charge in [0.25, 0.3) is 0 Å². The molecule has 2 N–H and O–H groups in total. The minimum absolute atomic E-state index is 0.105. The Balaban J connectivity index is 2.94. The molecule has 0 saturated heterocycles. The molecule has 0 saturated carbocycles. The maximum atomic E-state index is 12.3. The molecule has 5 heteroatoms. The molecule has 0 aliphatic carbocycles. The van der Waals surface area contributed by atoms with E-state index in [-0.39, 0.29) is 11.7 Å². The molecule has 1 aromatic rings. The zero-order valence-corrected chi connectivity index (χ0v) is 10.5. The summed E-state index contributed by atoms with van der Waals surface area (Å²) >= 11 is 0. The van der Waals surface area contributed by atoms with Gasteiger partial charge in [-0.1, -0.05) is 38.5 Å². The second-order valence-electron chi connectivity index (χ2n) is 4.38. The summed E-state index contributed by atoms with van der Waals surface area (Å²) in [4.78, 5) is 0. The van der Waals surface area contributed by atoms with Gasteiger partial charge in [-0.05, 0) is 18.4 Å². The SMILES string of the molecule is CCCC(C)C(N)c1ccccc1OC(F)(F)F. The van der Waals surface area contributed by atoms with Crippen LogP contribution in [-0.2, 0) is 0 Å². The molecule has 0 aromatic heterocycles. The standard InChI is InChI=1S/C13H18F3NO/c1-3-6-9(2)12(17)10-7-4-5-8-11(10)18-13(14,15)16/h4-5,7-9,12H,3,6,17H2,1-2H3. The third-order valence-corrected chi connectivity index (χ3v) is 2.86. The lowest BCUT2D eigenvalue weighted by Crippen LogP contribution is -2.23. The summed E-state index contributed by atoms with van der Waals surface area (Å²) in [6.07, 6.45) is -2.89. The largest absolute Gasteiger partial charge is 0.573 e. The van der Waals surface area contributed by atoms with Gasteiger partial charge in [0.05, 0.1) is 0 Å². The van der Waals surface area contributed by atoms with E-state index in [4.69, 9.17) is 5.73 Å². The number of para-hydroxylation sites is 1. The fraction of sp³-hybridized carbons (Fsp3) is 0.538. The van der Waals surface area contributed by atoms with Crippen LogP contribution in [0.25, 0.3) is 0 Å². The van der Waals surface area contributed by atoms with Crippen molar-refractivity contribution < 1.29 is 17.9 Å². The van der Waals surface area contributed by atoms with Crippen molar-refractivity contribution in [1.82, 2.24) is 0 Å². The van der Waals surface area contributed by atoms with Crippen molar-refractivity contribution in [2.75, 3.05) is 0 Å². The molecule has 0 heterocycles. The molecule has 1 rings (SSSR count). The summed E-state index contributed by atoms with van der Waals surface area (Å²) in [6, 6.07) is 5.58. The summed E-state index contributed by atoms with van der Waals surface area (Å²) in [7, 11) is 0. The number of benzene rings is 1. The van der Waals surface area contributed by atoms with Crippen LogP contribution in [0.3, 0.4) is 0 Å². The lowest BCUT2D eigenvalue weighted by molar-refractivity contribution is -0.275. The molecular weight excluding hydrogens is 243 g/mol. The van der Waals surface area contributed by atoms with Crippen LogP contribution in [0.4, 0.5) is 13.2 Å². The molecule has 2 nitrogen and oxygen atoms in total. The highest BCUT2D eigenvalue weighted by Crippen LogP contribution is 2.33. The van der Waals surface area contributed by atoms with E-state index in [0.29, 0.717) is 5.56 Å². The van der Waals surface area contributed by atoms with Gasteiger partial charge in [0.15, 0.2) is 0 Å². The van der Waals surface area contributed by atoms with Crippen molar-refractivity contribution in [3.8, 4) is 5.75 Å². The molecule has 0 spiro atoms. The summed E-state index contributed by atoms with van der Waals surface area (Å²) in [5, 5.41) is 0. The second kappa shape index (κ2) is 6.09. The summed E-state index contributed by atoms with van der Waals surface area (Å²) in [5.74, 6) is -0.103. The minimum Gasteiger partial charge on any atom is -0.405 e. The van der Waals surface area contributed by atoms with Gasteiger partial charge in [-0.3, -0.25) is 0 Å². The smallest absolute Gasteiger partial charge is 0.405 e. The van der Waals surface area contributed by atoms with E-state index in [1.54, 1.807) is 12.1 Å². The van der Waals surface area contributed by atoms with Crippen molar-refractivity contribution in [3.05, 3.63) is 29.8 Å². The Morgan fingerprint density at radius 3 is 2.44 bits per heavy atom. The Morgan fingerprint density at radius 1 is 1.28 bits per heavy atom. The van der Waals surface area contributed by atoms with E-state index in [1.807, 2.05) is 13.8 Å². The van der Waals surface area contributed by atoms with Gasteiger partial charge >= 0.3 is 6.36 Å². The Morgan fingerprint density at radius 2 is 1.89 bits per heavy atom. The van der Waals surface area contributed by atoms with Gasteiger partial charge in [-0.25, -0.2) is 0 Å². The first kappa shape index (κ1) is 14.8. The van der Waals surface area contributed by atoms with Gasteiger partial charge in [-0.15, -0.1) is 13.2 Å². The third kappa shape index (κ3) is 4.22. The first-order valence-electron chi connectivity index (χ1n) is 5.95. The number of hydrogen-bond acceptors (Lipinski definition) is 2. The molecule has 0 radical (unpaired) electrons. The minimum atomic E-state index is -4.69. The molecule has 0 amide bonds. The van der Waals surface area contributed by atoms with Crippen molar-refractivity contribution in [2.24, 2.45) is 11.7 Å². The first-order chi connectivity index (χ1) is 8.35. The monoisotopic (exact) mass is 261 g/mol. The number of halogens is 3. The van der Waals surface area contributed by atoms with Crippen molar-refractivity contribution in [1.29, 1.82) is 0 Å². The predicted octanol–water partition coefficient (Wildman–Crippen LogP) is 4.02. The van der Waals surface area contributed by atoms with Crippen LogP contribution >= 0.6 is 0 Å². The summed E-state index contributed by atoms with van der Waals surface area (Å²) in [6.45, 7) is 3.94. The number of hydrogen-bond donors (Lipinski definition) is 1. The van der Waals surface area contributed by atoms with E-state index in [1.165, 1.54) is 12.1 Å². The van der Waals surface area contributed by atoms with E-state index in [9.17, 15) is 13.2 Å². The maximum Gasteiger partial charge on any atom is 0.573 e. The maximum absolute atomic E-state index is 12.3. The molecule has 0 aliphatic heterocycles. The normalized spacial score (nSPS) is 15.2. The molecule has 18 heavy (non-hydrogen) atoms. The van der Waals surface area contributed by atoms with Crippen LogP contribution in [-0.4, -0.2) is 6.36 Å². The molecule has 2 atom stereocenters. The van der Waals surface area contributed by atoms with Gasteiger partial charge in [0.1, 0.15) is 5.75 Å². The van der Waals surface area contributed by atoms with Crippen LogP contribution in [0.15, 0.2) is 24.3 Å². The van der Waals surface area contributed by atoms with Gasteiger partial charge in [0.2, 0.25) is 0 Å². The van der Waals surface area contributed by atoms with E-state index < -0.39 is 12.4 Å². The zero-order chi connectivity index (χ0) is 13.8. The van der Waals surface area contributed by atoms with Gasteiger partial charge in [0, 0.05) is 11.6 Å². The average Bonchev–Trinajstić information content (AvgIpc) is 2.27. The lowest BCUT2D eigenvalue weighted by Gasteiger charge is -2.22. The molecule has 2 unspecified atom stereocenters. The predicted molar refractivity (Wildman–Crippen MR) is 64.1 cm³/mol. The molecule has 102 valence electrons. The highest BCUT2D eigenvalue weighted by Gasteiger charge is 2.33. The quantitative estimate of drug-likeness (QED) is 0.868. The number of alkyl halides is 3. The average molecular weight is 261 g/mol. The van der Waals surface area contributed by atoms with Gasteiger partial charge < -0.3 is 10.5 Å². The number of rotatable bonds is 5. The summed E-state index contributed by atoms with van der Waals surface area (Å²) in [5.41, 5.74) is 6.40. The first-order valence-corrected chi connectivity index (χ1v) is 5.95. The van der Waals surface area contributed by atoms with Crippen LogP contribution < -0.4 is 10.5 Å². The second-order valence-corrected chi connectivity index (χ2v) is 4.38. The van der Waals surface area contributed by atoms with Crippen molar-refractivity contribution >= 4 is 0 Å². The lowest BCUT2D eigenvalue weighted by atomic mass is 9.91. The van der Waals surface area contributed by atoms with Crippen LogP contribution in [0, 0.1) is 5.92 Å². The molecule has 0 bridgehead atoms. The van der Waals surface area contributed by atoms with Crippen LogP contribution in [0.1, 0.15) is 38.3 Å². The van der Waals surface area contributed by atoms with E-state index in [0.717, 1.165) is 12.8 Å². The molecule has 0 aliphatic rings. The van der Waals surface area contributed by atoms with E-state index in [2.05, 4.69) is 4.74 Å². The topological polar surface area (TPSA) is 35.2 Å². The Labute approximate surface area is 105 Å². The Hall–Kier alpha value is -1.23. The van der Waals surface area contributed by atoms with Crippen molar-refractivity contribution in [3.63, 3.8) is 0 Å². The van der Waals surface area contributed by atoms with Crippen LogP contribution in [0.5, 0.6) is 5.75 Å². The van der Waals surface area contributed by atoms with E-state index >= 15 is 0 Å². The number of ether oxygens (including phenoxy) is 1. The number of nitrogens with two attached hydrogens (primary N) is 1. The molecular formula is C13H18F3NO. The highest BCUT2D eigenvalue weighted by atomic mass is 19.4.